The molecule has 120 valence electrons. The third kappa shape index (κ3) is 3.55. The van der Waals surface area contributed by atoms with Gasteiger partial charge in [0.25, 0.3) is 5.56 Å². The van der Waals surface area contributed by atoms with E-state index in [1.807, 2.05) is 13.8 Å². The average Bonchev–Trinajstić information content (AvgIpc) is 2.90. The molecule has 0 aliphatic carbocycles. The van der Waals surface area contributed by atoms with Gasteiger partial charge in [0.05, 0.1) is 5.69 Å². The number of hydrogen-bond donors (Lipinski definition) is 1. The molecule has 1 fully saturated rings. The molecular formula is C16H23N3O3. The Bertz CT molecular complexity index is 609. The average molecular weight is 305 g/mol. The Morgan fingerprint density at radius 1 is 1.32 bits per heavy atom. The molecule has 1 aromatic heterocycles. The second-order valence-corrected chi connectivity index (χ2v) is 5.55. The number of rotatable bonds is 6. The van der Waals surface area contributed by atoms with E-state index < -0.39 is 6.04 Å². The number of nitrogens with zero attached hydrogens (tertiary/aromatic N) is 2. The van der Waals surface area contributed by atoms with Crippen LogP contribution < -0.4 is 10.9 Å². The van der Waals surface area contributed by atoms with Gasteiger partial charge in [0.1, 0.15) is 6.04 Å². The number of likely N-dealkylation sites (tertiary alicyclic amines) is 1. The van der Waals surface area contributed by atoms with E-state index in [2.05, 4.69) is 5.32 Å². The number of nitrogens with one attached hydrogen (secondary N) is 1. The van der Waals surface area contributed by atoms with Crippen molar-refractivity contribution < 1.29 is 9.59 Å². The van der Waals surface area contributed by atoms with Crippen molar-refractivity contribution in [3.63, 3.8) is 0 Å². The van der Waals surface area contributed by atoms with Crippen LogP contribution in [0.15, 0.2) is 23.1 Å². The zero-order chi connectivity index (χ0) is 16.1. The molecule has 6 nitrogen and oxygen atoms in total. The van der Waals surface area contributed by atoms with Crippen LogP contribution in [0, 0.1) is 0 Å². The molecule has 2 rings (SSSR count). The topological polar surface area (TPSA) is 71.4 Å². The molecule has 2 amide bonds. The highest BCUT2D eigenvalue weighted by molar-refractivity contribution is 5.97. The first kappa shape index (κ1) is 16.3. The van der Waals surface area contributed by atoms with Crippen LogP contribution >= 0.6 is 0 Å². The van der Waals surface area contributed by atoms with E-state index in [1.54, 1.807) is 21.7 Å². The smallest absolute Gasteiger partial charge is 0.250 e. The van der Waals surface area contributed by atoms with Gasteiger partial charge in [-0.1, -0.05) is 13.8 Å². The van der Waals surface area contributed by atoms with Gasteiger partial charge in [-0.3, -0.25) is 14.4 Å². The molecule has 0 aromatic carbocycles. The molecule has 0 bridgehead atoms. The van der Waals surface area contributed by atoms with Crippen LogP contribution in [0.25, 0.3) is 0 Å². The monoisotopic (exact) mass is 305 g/mol. The molecule has 1 saturated heterocycles. The van der Waals surface area contributed by atoms with Crippen molar-refractivity contribution in [1.29, 1.82) is 0 Å². The molecule has 1 N–H and O–H groups in total. The Labute approximate surface area is 130 Å². The molecule has 22 heavy (non-hydrogen) atoms. The van der Waals surface area contributed by atoms with Crippen LogP contribution in [0.2, 0.25) is 0 Å². The summed E-state index contributed by atoms with van der Waals surface area (Å²) < 4.78 is 1.58. The molecule has 1 aliphatic heterocycles. The first-order chi connectivity index (χ1) is 10.6. The van der Waals surface area contributed by atoms with E-state index in [-0.39, 0.29) is 17.4 Å². The molecule has 0 radical (unpaired) electrons. The van der Waals surface area contributed by atoms with Gasteiger partial charge in [0.15, 0.2) is 0 Å². The van der Waals surface area contributed by atoms with Crippen molar-refractivity contribution in [1.82, 2.24) is 9.47 Å². The molecule has 0 unspecified atom stereocenters. The summed E-state index contributed by atoms with van der Waals surface area (Å²) in [7, 11) is 0. The van der Waals surface area contributed by atoms with Gasteiger partial charge in [0.2, 0.25) is 11.8 Å². The number of carbonyl (C=O) groups is 2. The van der Waals surface area contributed by atoms with E-state index in [4.69, 9.17) is 0 Å². The molecule has 1 aliphatic rings. The maximum absolute atomic E-state index is 12.4. The number of carbonyl (C=O) groups excluding carboxylic acids is 2. The van der Waals surface area contributed by atoms with Gasteiger partial charge >= 0.3 is 0 Å². The molecule has 2 heterocycles. The fraction of sp³-hybridized carbons (Fsp3) is 0.562. The SMILES string of the molecule is CCCn1cc(NC(=O)[C@H](CC)N2CCCC2=O)ccc1=O. The number of anilines is 1. The minimum absolute atomic E-state index is 0.0398. The number of pyridine rings is 1. The van der Waals surface area contributed by atoms with Crippen molar-refractivity contribution in [3.05, 3.63) is 28.7 Å². The highest BCUT2D eigenvalue weighted by Gasteiger charge is 2.31. The van der Waals surface area contributed by atoms with Gasteiger partial charge in [0, 0.05) is 31.8 Å². The second-order valence-electron chi connectivity index (χ2n) is 5.55. The van der Waals surface area contributed by atoms with Crippen LogP contribution in [0.4, 0.5) is 5.69 Å². The lowest BCUT2D eigenvalue weighted by atomic mass is 10.2. The Kier molecular flexibility index (Phi) is 5.35. The van der Waals surface area contributed by atoms with Gasteiger partial charge in [-0.25, -0.2) is 0 Å². The van der Waals surface area contributed by atoms with E-state index >= 15 is 0 Å². The normalized spacial score (nSPS) is 15.9. The van der Waals surface area contributed by atoms with Crippen molar-refractivity contribution in [3.8, 4) is 0 Å². The quantitative estimate of drug-likeness (QED) is 0.867. The fourth-order valence-corrected chi connectivity index (χ4v) is 2.79. The molecule has 1 atom stereocenters. The zero-order valence-corrected chi connectivity index (χ0v) is 13.2. The van der Waals surface area contributed by atoms with E-state index in [1.165, 1.54) is 6.07 Å². The van der Waals surface area contributed by atoms with Gasteiger partial charge in [-0.15, -0.1) is 0 Å². The molecule has 1 aromatic rings. The lowest BCUT2D eigenvalue weighted by Crippen LogP contribution is -2.44. The highest BCUT2D eigenvalue weighted by Crippen LogP contribution is 2.17. The number of aromatic nitrogens is 1. The molecule has 0 spiro atoms. The van der Waals surface area contributed by atoms with Crippen LogP contribution in [-0.4, -0.2) is 33.9 Å². The minimum atomic E-state index is -0.443. The third-order valence-electron chi connectivity index (χ3n) is 3.89. The maximum Gasteiger partial charge on any atom is 0.250 e. The molecular weight excluding hydrogens is 282 g/mol. The Balaban J connectivity index is 2.11. The highest BCUT2D eigenvalue weighted by atomic mass is 16.2. The van der Waals surface area contributed by atoms with Crippen LogP contribution in [-0.2, 0) is 16.1 Å². The van der Waals surface area contributed by atoms with Crippen molar-refractivity contribution in [2.24, 2.45) is 0 Å². The van der Waals surface area contributed by atoms with Crippen molar-refractivity contribution in [2.75, 3.05) is 11.9 Å². The maximum atomic E-state index is 12.4. The van der Waals surface area contributed by atoms with Crippen LogP contribution in [0.1, 0.15) is 39.5 Å². The van der Waals surface area contributed by atoms with E-state index in [0.29, 0.717) is 31.6 Å². The summed E-state index contributed by atoms with van der Waals surface area (Å²) in [4.78, 5) is 37.6. The van der Waals surface area contributed by atoms with Gasteiger partial charge in [-0.2, -0.15) is 0 Å². The number of aryl methyl sites for hydroxylation is 1. The fourth-order valence-electron chi connectivity index (χ4n) is 2.79. The first-order valence-electron chi connectivity index (χ1n) is 7.87. The summed E-state index contributed by atoms with van der Waals surface area (Å²) in [5.41, 5.74) is 0.504. The van der Waals surface area contributed by atoms with Gasteiger partial charge in [-0.05, 0) is 25.3 Å². The molecule has 6 heteroatoms. The summed E-state index contributed by atoms with van der Waals surface area (Å²) in [6, 6.07) is 2.61. The second kappa shape index (κ2) is 7.24. The number of hydrogen-bond acceptors (Lipinski definition) is 3. The van der Waals surface area contributed by atoms with E-state index in [9.17, 15) is 14.4 Å². The lowest BCUT2D eigenvalue weighted by Gasteiger charge is -2.25. The number of amides is 2. The first-order valence-corrected chi connectivity index (χ1v) is 7.87. The summed E-state index contributed by atoms with van der Waals surface area (Å²) in [5.74, 6) is -0.155. The predicted molar refractivity (Wildman–Crippen MR) is 84.6 cm³/mol. The Hall–Kier alpha value is -2.11. The summed E-state index contributed by atoms with van der Waals surface area (Å²) >= 11 is 0. The summed E-state index contributed by atoms with van der Waals surface area (Å²) in [6.07, 6.45) is 4.40. The van der Waals surface area contributed by atoms with Crippen LogP contribution in [0.3, 0.4) is 0 Å². The van der Waals surface area contributed by atoms with Crippen LogP contribution in [0.5, 0.6) is 0 Å². The standard InChI is InChI=1S/C16H23N3O3/c1-3-9-18-11-12(7-8-14(18)20)17-16(22)13(4-2)19-10-5-6-15(19)21/h7-8,11,13H,3-6,9-10H2,1-2H3,(H,17,22)/t13-/m0/s1. The van der Waals surface area contributed by atoms with Gasteiger partial charge < -0.3 is 14.8 Å². The Morgan fingerprint density at radius 3 is 2.68 bits per heavy atom. The Morgan fingerprint density at radius 2 is 2.09 bits per heavy atom. The lowest BCUT2D eigenvalue weighted by molar-refractivity contribution is -0.135. The summed E-state index contributed by atoms with van der Waals surface area (Å²) in [5, 5.41) is 2.82. The van der Waals surface area contributed by atoms with E-state index in [0.717, 1.165) is 12.8 Å². The predicted octanol–water partition coefficient (Wildman–Crippen LogP) is 1.60. The zero-order valence-electron chi connectivity index (χ0n) is 13.2. The largest absolute Gasteiger partial charge is 0.331 e. The van der Waals surface area contributed by atoms with Crippen molar-refractivity contribution >= 4 is 17.5 Å². The minimum Gasteiger partial charge on any atom is -0.331 e. The third-order valence-corrected chi connectivity index (χ3v) is 3.89. The summed E-state index contributed by atoms with van der Waals surface area (Å²) in [6.45, 7) is 5.14. The van der Waals surface area contributed by atoms with Crippen molar-refractivity contribution in [2.45, 2.75) is 52.1 Å². The molecule has 0 saturated carbocycles.